The molecule has 1 atom stereocenters. The third kappa shape index (κ3) is 1.34. The Labute approximate surface area is 92.8 Å². The molecule has 0 aliphatic carbocycles. The first kappa shape index (κ1) is 9.81. The second-order valence-corrected chi connectivity index (χ2v) is 4.13. The minimum Gasteiger partial charge on any atom is -0.457 e. The lowest BCUT2D eigenvalue weighted by molar-refractivity contribution is -0.00739. The van der Waals surface area contributed by atoms with Crippen LogP contribution in [-0.4, -0.2) is 23.8 Å². The number of benzene rings is 1. The number of fused-ring (bicyclic) bond motifs is 3. The summed E-state index contributed by atoms with van der Waals surface area (Å²) < 4.78 is 10.5. The van der Waals surface area contributed by atoms with Gasteiger partial charge in [-0.2, -0.15) is 0 Å². The van der Waals surface area contributed by atoms with E-state index in [0.717, 1.165) is 16.7 Å². The summed E-state index contributed by atoms with van der Waals surface area (Å²) in [4.78, 5) is 11.4. The Kier molecular flexibility index (Phi) is 2.19. The molecule has 2 aliphatic heterocycles. The molecule has 1 aromatic carbocycles. The van der Waals surface area contributed by atoms with Gasteiger partial charge in [-0.3, -0.25) is 0 Å². The van der Waals surface area contributed by atoms with E-state index in [2.05, 4.69) is 0 Å². The molecule has 0 saturated heterocycles. The van der Waals surface area contributed by atoms with E-state index in [1.165, 1.54) is 0 Å². The molecule has 4 nitrogen and oxygen atoms in total. The summed E-state index contributed by atoms with van der Waals surface area (Å²) in [5, 5.41) is 9.09. The molecule has 0 saturated carbocycles. The van der Waals surface area contributed by atoms with Gasteiger partial charge in [0.1, 0.15) is 6.61 Å². The van der Waals surface area contributed by atoms with Crippen LogP contribution in [0.25, 0.3) is 0 Å². The summed E-state index contributed by atoms with van der Waals surface area (Å²) in [5.41, 5.74) is 3.86. The summed E-state index contributed by atoms with van der Waals surface area (Å²) in [5.74, 6) is -0.246. The van der Waals surface area contributed by atoms with Crippen molar-refractivity contribution in [3.05, 3.63) is 34.4 Å². The van der Waals surface area contributed by atoms with E-state index >= 15 is 0 Å². The number of carbonyl (C=O) groups excluding carboxylic acids is 1. The van der Waals surface area contributed by atoms with Gasteiger partial charge in [0.25, 0.3) is 0 Å². The van der Waals surface area contributed by atoms with Crippen LogP contribution in [0.3, 0.4) is 0 Å². The lowest BCUT2D eigenvalue weighted by Gasteiger charge is -2.25. The highest BCUT2D eigenvalue weighted by molar-refractivity contribution is 5.94. The molecule has 0 aromatic heterocycles. The number of hydrogen-bond acceptors (Lipinski definition) is 4. The lowest BCUT2D eigenvalue weighted by atomic mass is 9.92. The van der Waals surface area contributed by atoms with Crippen LogP contribution < -0.4 is 0 Å². The summed E-state index contributed by atoms with van der Waals surface area (Å²) in [6, 6.07) is 3.71. The summed E-state index contributed by atoms with van der Waals surface area (Å²) >= 11 is 0. The molecule has 84 valence electrons. The van der Waals surface area contributed by atoms with Crippen molar-refractivity contribution in [1.29, 1.82) is 0 Å². The monoisotopic (exact) mass is 220 g/mol. The Bertz CT molecular complexity index is 453. The van der Waals surface area contributed by atoms with Crippen LogP contribution in [0.1, 0.15) is 27.0 Å². The van der Waals surface area contributed by atoms with Gasteiger partial charge in [-0.1, -0.05) is 6.07 Å². The Hall–Kier alpha value is -1.39. The quantitative estimate of drug-likeness (QED) is 0.711. The van der Waals surface area contributed by atoms with E-state index in [1.54, 1.807) is 6.07 Å². The molecule has 2 aliphatic rings. The fourth-order valence-electron chi connectivity index (χ4n) is 2.31. The number of aliphatic hydroxyl groups is 1. The smallest absolute Gasteiger partial charge is 0.338 e. The predicted molar refractivity (Wildman–Crippen MR) is 54.9 cm³/mol. The number of aliphatic hydroxyl groups excluding tert-OH is 1. The molecule has 0 bridgehead atoms. The number of hydrogen-bond donors (Lipinski definition) is 1. The maximum atomic E-state index is 11.4. The van der Waals surface area contributed by atoms with Crippen LogP contribution >= 0.6 is 0 Å². The lowest BCUT2D eigenvalue weighted by Crippen LogP contribution is -2.26. The standard InChI is InChI=1S/C12H12O4/c13-4-8-3-10-7(5-15-8)1-2-9-11(10)6-16-12(9)14/h1-2,8,13H,3-6H2. The van der Waals surface area contributed by atoms with Crippen LogP contribution in [0.4, 0.5) is 0 Å². The first-order valence-corrected chi connectivity index (χ1v) is 5.33. The molecule has 1 N–H and O–H groups in total. The van der Waals surface area contributed by atoms with Crippen LogP contribution in [0.5, 0.6) is 0 Å². The number of esters is 1. The molecule has 3 rings (SSSR count). The van der Waals surface area contributed by atoms with Gasteiger partial charge in [0.2, 0.25) is 0 Å². The highest BCUT2D eigenvalue weighted by Crippen LogP contribution is 2.30. The van der Waals surface area contributed by atoms with E-state index < -0.39 is 0 Å². The van der Waals surface area contributed by atoms with Gasteiger partial charge in [-0.15, -0.1) is 0 Å². The van der Waals surface area contributed by atoms with E-state index in [-0.39, 0.29) is 18.7 Å². The molecular weight excluding hydrogens is 208 g/mol. The zero-order valence-corrected chi connectivity index (χ0v) is 8.73. The van der Waals surface area contributed by atoms with Gasteiger partial charge < -0.3 is 14.6 Å². The average molecular weight is 220 g/mol. The van der Waals surface area contributed by atoms with E-state index in [9.17, 15) is 4.79 Å². The average Bonchev–Trinajstić information content (AvgIpc) is 2.71. The maximum Gasteiger partial charge on any atom is 0.338 e. The Morgan fingerprint density at radius 1 is 1.31 bits per heavy atom. The largest absolute Gasteiger partial charge is 0.457 e. The van der Waals surface area contributed by atoms with Crippen LogP contribution in [0, 0.1) is 0 Å². The number of rotatable bonds is 1. The second kappa shape index (κ2) is 3.57. The van der Waals surface area contributed by atoms with Crippen molar-refractivity contribution in [1.82, 2.24) is 0 Å². The van der Waals surface area contributed by atoms with Gasteiger partial charge in [-0.25, -0.2) is 4.79 Å². The first-order valence-electron chi connectivity index (χ1n) is 5.33. The van der Waals surface area contributed by atoms with E-state index in [1.807, 2.05) is 6.07 Å². The third-order valence-electron chi connectivity index (χ3n) is 3.21. The molecule has 1 unspecified atom stereocenters. The van der Waals surface area contributed by atoms with Crippen molar-refractivity contribution in [2.45, 2.75) is 25.7 Å². The van der Waals surface area contributed by atoms with E-state index in [4.69, 9.17) is 14.6 Å². The van der Waals surface area contributed by atoms with Crippen LogP contribution in [0.15, 0.2) is 12.1 Å². The zero-order chi connectivity index (χ0) is 11.1. The van der Waals surface area contributed by atoms with Crippen molar-refractivity contribution in [2.75, 3.05) is 6.61 Å². The van der Waals surface area contributed by atoms with Crippen LogP contribution in [0.2, 0.25) is 0 Å². The maximum absolute atomic E-state index is 11.4. The molecule has 16 heavy (non-hydrogen) atoms. The fraction of sp³-hybridized carbons (Fsp3) is 0.417. The van der Waals surface area contributed by atoms with Crippen molar-refractivity contribution < 1.29 is 19.4 Å². The van der Waals surface area contributed by atoms with Gasteiger partial charge >= 0.3 is 5.97 Å². The SMILES string of the molecule is O=C1OCc2c1ccc1c2CC(CO)OC1. The number of ether oxygens (including phenoxy) is 2. The second-order valence-electron chi connectivity index (χ2n) is 4.13. The highest BCUT2D eigenvalue weighted by atomic mass is 16.5. The molecule has 0 radical (unpaired) electrons. The van der Waals surface area contributed by atoms with Crippen molar-refractivity contribution in [2.24, 2.45) is 0 Å². The molecular formula is C12H12O4. The Morgan fingerprint density at radius 2 is 2.19 bits per heavy atom. The number of cyclic esters (lactones) is 1. The third-order valence-corrected chi connectivity index (χ3v) is 3.21. The van der Waals surface area contributed by atoms with Crippen molar-refractivity contribution in [3.63, 3.8) is 0 Å². The van der Waals surface area contributed by atoms with Gasteiger partial charge in [0.05, 0.1) is 24.9 Å². The van der Waals surface area contributed by atoms with Crippen LogP contribution in [-0.2, 0) is 29.1 Å². The van der Waals surface area contributed by atoms with Gasteiger partial charge in [-0.05, 0) is 17.2 Å². The first-order chi connectivity index (χ1) is 7.79. The predicted octanol–water partition coefficient (Wildman–Crippen LogP) is 0.791. The topological polar surface area (TPSA) is 55.8 Å². The zero-order valence-electron chi connectivity index (χ0n) is 8.73. The molecule has 4 heteroatoms. The van der Waals surface area contributed by atoms with E-state index in [0.29, 0.717) is 25.2 Å². The molecule has 0 spiro atoms. The number of carbonyl (C=O) groups is 1. The minimum atomic E-state index is -0.246. The molecule has 1 aromatic rings. The fourth-order valence-corrected chi connectivity index (χ4v) is 2.31. The Balaban J connectivity index is 2.07. The van der Waals surface area contributed by atoms with Crippen molar-refractivity contribution >= 4 is 5.97 Å². The summed E-state index contributed by atoms with van der Waals surface area (Å²) in [6.07, 6.45) is 0.501. The van der Waals surface area contributed by atoms with Gasteiger partial charge in [0.15, 0.2) is 0 Å². The van der Waals surface area contributed by atoms with Gasteiger partial charge in [0, 0.05) is 12.0 Å². The highest BCUT2D eigenvalue weighted by Gasteiger charge is 2.29. The molecule has 2 heterocycles. The minimum absolute atomic E-state index is 0.0118. The molecule has 0 amide bonds. The Morgan fingerprint density at radius 3 is 3.00 bits per heavy atom. The van der Waals surface area contributed by atoms with Crippen molar-refractivity contribution in [3.8, 4) is 0 Å². The molecule has 0 fully saturated rings. The summed E-state index contributed by atoms with van der Waals surface area (Å²) in [6.45, 7) is 0.870. The summed E-state index contributed by atoms with van der Waals surface area (Å²) in [7, 11) is 0. The normalized spacial score (nSPS) is 22.6.